The van der Waals surface area contributed by atoms with Gasteiger partial charge in [0, 0.05) is 48.9 Å². The molecule has 1 aliphatic rings. The highest BCUT2D eigenvalue weighted by atomic mass is 19.4. The summed E-state index contributed by atoms with van der Waals surface area (Å²) in [6.07, 6.45) is -7.31. The zero-order valence-electron chi connectivity index (χ0n) is 20.5. The Bertz CT molecular complexity index is 1450. The first-order valence-electron chi connectivity index (χ1n) is 12.2. The highest BCUT2D eigenvalue weighted by molar-refractivity contribution is 5.93. The monoisotopic (exact) mass is 547 g/mol. The molecule has 0 radical (unpaired) electrons. The molecule has 0 aliphatic carbocycles. The van der Waals surface area contributed by atoms with Gasteiger partial charge in [-0.2, -0.15) is 26.3 Å². The number of pyridine rings is 1. The fraction of sp³-hybridized carbons (Fsp3) is 0.296. The van der Waals surface area contributed by atoms with Crippen molar-refractivity contribution in [2.24, 2.45) is 0 Å². The molecule has 5 rings (SSSR count). The van der Waals surface area contributed by atoms with Gasteiger partial charge in [-0.3, -0.25) is 9.88 Å². The maximum Gasteiger partial charge on any atom is 0.418 e. The molecule has 204 valence electrons. The summed E-state index contributed by atoms with van der Waals surface area (Å²) in [4.78, 5) is 15.4. The number of morpholine rings is 1. The first kappa shape index (κ1) is 26.8. The number of ether oxygens (including phenoxy) is 1. The Morgan fingerprint density at radius 3 is 2.31 bits per heavy atom. The smallest absolute Gasteiger partial charge is 0.379 e. The fourth-order valence-electron chi connectivity index (χ4n) is 4.36. The zero-order chi connectivity index (χ0) is 27.6. The molecular formula is C27H23F6N5O. The van der Waals surface area contributed by atoms with Crippen LogP contribution in [0.25, 0.3) is 22.2 Å². The summed E-state index contributed by atoms with van der Waals surface area (Å²) in [5.41, 5.74) is -0.893. The van der Waals surface area contributed by atoms with Crippen LogP contribution < -0.4 is 5.32 Å². The number of hydrogen-bond donors (Lipinski definition) is 1. The fourth-order valence-corrected chi connectivity index (χ4v) is 4.36. The molecule has 6 nitrogen and oxygen atoms in total. The van der Waals surface area contributed by atoms with Gasteiger partial charge in [0.1, 0.15) is 11.6 Å². The second kappa shape index (κ2) is 10.8. The van der Waals surface area contributed by atoms with Gasteiger partial charge in [-0.1, -0.05) is 6.07 Å². The van der Waals surface area contributed by atoms with Crippen molar-refractivity contribution in [2.45, 2.75) is 18.8 Å². The largest absolute Gasteiger partial charge is 0.418 e. The average molecular weight is 548 g/mol. The summed E-state index contributed by atoms with van der Waals surface area (Å²) in [7, 11) is 0. The second-order valence-corrected chi connectivity index (χ2v) is 9.02. The molecular weight excluding hydrogens is 524 g/mol. The molecule has 1 aliphatic heterocycles. The Hall–Kier alpha value is -3.77. The van der Waals surface area contributed by atoms with Gasteiger partial charge in [-0.15, -0.1) is 0 Å². The average Bonchev–Trinajstić information content (AvgIpc) is 2.91. The van der Waals surface area contributed by atoms with Gasteiger partial charge < -0.3 is 10.1 Å². The maximum absolute atomic E-state index is 13.6. The van der Waals surface area contributed by atoms with Crippen LogP contribution in [0.5, 0.6) is 0 Å². The van der Waals surface area contributed by atoms with E-state index in [1.54, 1.807) is 6.07 Å². The molecule has 12 heteroatoms. The summed E-state index contributed by atoms with van der Waals surface area (Å²) < 4.78 is 85.3. The SMILES string of the molecule is FC(F)(F)c1ccc(Nc2nc(CCN3CCOCC3)nc3cc(-c4ncccc4C(F)(F)F)ccc23)cc1. The van der Waals surface area contributed by atoms with Crippen LogP contribution in [0.1, 0.15) is 17.0 Å². The van der Waals surface area contributed by atoms with Crippen LogP contribution in [0.15, 0.2) is 60.8 Å². The van der Waals surface area contributed by atoms with Crippen LogP contribution in [0.2, 0.25) is 0 Å². The summed E-state index contributed by atoms with van der Waals surface area (Å²) >= 11 is 0. The number of benzene rings is 2. The molecule has 0 atom stereocenters. The minimum absolute atomic E-state index is 0.224. The van der Waals surface area contributed by atoms with Crippen molar-refractivity contribution in [3.63, 3.8) is 0 Å². The Morgan fingerprint density at radius 1 is 0.872 bits per heavy atom. The Balaban J connectivity index is 1.53. The summed E-state index contributed by atoms with van der Waals surface area (Å²) in [6.45, 7) is 3.40. The van der Waals surface area contributed by atoms with E-state index in [4.69, 9.17) is 4.74 Å². The normalized spacial score (nSPS) is 15.0. The third kappa shape index (κ3) is 6.28. The van der Waals surface area contributed by atoms with Gasteiger partial charge in [0.25, 0.3) is 0 Å². The first-order chi connectivity index (χ1) is 18.6. The predicted octanol–water partition coefficient (Wildman–Crippen LogP) is 6.35. The number of fused-ring (bicyclic) bond motifs is 1. The van der Waals surface area contributed by atoms with E-state index < -0.39 is 23.5 Å². The summed E-state index contributed by atoms with van der Waals surface area (Å²) in [6, 6.07) is 11.3. The minimum atomic E-state index is -4.59. The number of alkyl halides is 6. The number of rotatable bonds is 6. The second-order valence-electron chi connectivity index (χ2n) is 9.02. The van der Waals surface area contributed by atoms with Gasteiger partial charge in [-0.25, -0.2) is 9.97 Å². The molecule has 1 N–H and O–H groups in total. The topological polar surface area (TPSA) is 63.2 Å². The van der Waals surface area contributed by atoms with Crippen molar-refractivity contribution in [3.05, 3.63) is 77.7 Å². The van der Waals surface area contributed by atoms with Crippen LogP contribution in [0.3, 0.4) is 0 Å². The molecule has 0 spiro atoms. The lowest BCUT2D eigenvalue weighted by molar-refractivity contribution is -0.138. The van der Waals surface area contributed by atoms with E-state index in [0.717, 1.165) is 31.3 Å². The van der Waals surface area contributed by atoms with E-state index in [-0.39, 0.29) is 11.3 Å². The van der Waals surface area contributed by atoms with Gasteiger partial charge >= 0.3 is 12.4 Å². The molecule has 1 fully saturated rings. The number of nitrogens with zero attached hydrogens (tertiary/aromatic N) is 4. The summed E-state index contributed by atoms with van der Waals surface area (Å²) in [5, 5.41) is 3.55. The highest BCUT2D eigenvalue weighted by Gasteiger charge is 2.34. The Morgan fingerprint density at radius 2 is 1.62 bits per heavy atom. The van der Waals surface area contributed by atoms with E-state index in [2.05, 4.69) is 25.2 Å². The molecule has 0 amide bonds. The molecule has 3 heterocycles. The van der Waals surface area contributed by atoms with Gasteiger partial charge in [0.15, 0.2) is 0 Å². The van der Waals surface area contributed by atoms with Crippen LogP contribution in [0, 0.1) is 0 Å². The number of anilines is 2. The van der Waals surface area contributed by atoms with Crippen molar-refractivity contribution in [2.75, 3.05) is 38.2 Å². The molecule has 0 unspecified atom stereocenters. The van der Waals surface area contributed by atoms with Crippen molar-refractivity contribution < 1.29 is 31.1 Å². The zero-order valence-corrected chi connectivity index (χ0v) is 20.5. The van der Waals surface area contributed by atoms with Crippen molar-refractivity contribution in [3.8, 4) is 11.3 Å². The maximum atomic E-state index is 13.6. The highest BCUT2D eigenvalue weighted by Crippen LogP contribution is 2.37. The van der Waals surface area contributed by atoms with E-state index in [1.165, 1.54) is 36.5 Å². The summed E-state index contributed by atoms with van der Waals surface area (Å²) in [5.74, 6) is 0.776. The lowest BCUT2D eigenvalue weighted by Gasteiger charge is -2.26. The quantitative estimate of drug-likeness (QED) is 0.284. The van der Waals surface area contributed by atoms with Crippen LogP contribution in [-0.4, -0.2) is 52.7 Å². The molecule has 0 saturated carbocycles. The van der Waals surface area contributed by atoms with Crippen molar-refractivity contribution >= 4 is 22.4 Å². The van der Waals surface area contributed by atoms with Crippen molar-refractivity contribution in [1.29, 1.82) is 0 Å². The Kier molecular flexibility index (Phi) is 7.41. The van der Waals surface area contributed by atoms with Crippen LogP contribution in [-0.2, 0) is 23.5 Å². The van der Waals surface area contributed by atoms with E-state index in [0.29, 0.717) is 54.4 Å². The van der Waals surface area contributed by atoms with Gasteiger partial charge in [0.05, 0.1) is 35.6 Å². The minimum Gasteiger partial charge on any atom is -0.379 e. The van der Waals surface area contributed by atoms with Gasteiger partial charge in [0.2, 0.25) is 0 Å². The first-order valence-corrected chi connectivity index (χ1v) is 12.2. The predicted molar refractivity (Wildman–Crippen MR) is 133 cm³/mol. The number of nitrogens with one attached hydrogen (secondary N) is 1. The van der Waals surface area contributed by atoms with E-state index in [9.17, 15) is 26.3 Å². The molecule has 2 aromatic heterocycles. The van der Waals surface area contributed by atoms with E-state index in [1.807, 2.05) is 0 Å². The molecule has 1 saturated heterocycles. The number of hydrogen-bond acceptors (Lipinski definition) is 6. The lowest BCUT2D eigenvalue weighted by Crippen LogP contribution is -2.37. The molecule has 39 heavy (non-hydrogen) atoms. The third-order valence-electron chi connectivity index (χ3n) is 6.36. The van der Waals surface area contributed by atoms with Crippen molar-refractivity contribution in [1.82, 2.24) is 19.9 Å². The van der Waals surface area contributed by atoms with Gasteiger partial charge in [-0.05, 0) is 48.5 Å². The lowest BCUT2D eigenvalue weighted by atomic mass is 10.0. The third-order valence-corrected chi connectivity index (χ3v) is 6.36. The van der Waals surface area contributed by atoms with Crippen LogP contribution >= 0.6 is 0 Å². The number of aromatic nitrogens is 3. The molecule has 0 bridgehead atoms. The van der Waals surface area contributed by atoms with Crippen LogP contribution in [0.4, 0.5) is 37.8 Å². The molecule has 4 aromatic rings. The Labute approximate surface area is 219 Å². The van der Waals surface area contributed by atoms with E-state index >= 15 is 0 Å². The number of halogens is 6. The standard InChI is InChI=1S/C27H23F6N5O/c28-26(29,30)18-4-6-19(7-5-18)35-25-20-8-3-17(24-21(27(31,32)33)2-1-10-34-24)16-22(20)36-23(37-25)9-11-38-12-14-39-15-13-38/h1-8,10,16H,9,11-15H2,(H,35,36,37). The molecule has 2 aromatic carbocycles.